The Kier molecular flexibility index (Phi) is 8.05. The van der Waals surface area contributed by atoms with Gasteiger partial charge >= 0.3 is 5.97 Å². The van der Waals surface area contributed by atoms with Crippen LogP contribution in [-0.2, 0) is 9.53 Å². The molecule has 1 N–H and O–H groups in total. The minimum Gasteiger partial charge on any atom is -0.497 e. The molecular formula is C20H22N2O7S. The summed E-state index contributed by atoms with van der Waals surface area (Å²) >= 11 is 1.33. The maximum atomic E-state index is 12.3. The number of carbonyl (C=O) groups is 2. The molecule has 0 spiro atoms. The molecule has 1 atom stereocenters. The van der Waals surface area contributed by atoms with Gasteiger partial charge in [-0.3, -0.25) is 14.9 Å². The molecule has 2 rings (SSSR count). The van der Waals surface area contributed by atoms with Crippen LogP contribution in [0.15, 0.2) is 41.3 Å². The van der Waals surface area contributed by atoms with Crippen molar-refractivity contribution in [2.75, 3.05) is 27.1 Å². The van der Waals surface area contributed by atoms with E-state index in [-0.39, 0.29) is 11.3 Å². The van der Waals surface area contributed by atoms with Crippen LogP contribution in [0.5, 0.6) is 11.5 Å². The quantitative estimate of drug-likeness (QED) is 0.276. The first-order chi connectivity index (χ1) is 14.3. The molecule has 2 aromatic carbocycles. The van der Waals surface area contributed by atoms with E-state index in [1.807, 2.05) is 0 Å². The summed E-state index contributed by atoms with van der Waals surface area (Å²) in [6, 6.07) is 8.85. The number of nitro groups is 1. The Balaban J connectivity index is 2.06. The molecule has 160 valence electrons. The topological polar surface area (TPSA) is 117 Å². The van der Waals surface area contributed by atoms with E-state index in [2.05, 4.69) is 5.32 Å². The number of carbonyl (C=O) groups excluding carboxylic acids is 2. The number of benzene rings is 2. The number of nitrogens with one attached hydrogen (secondary N) is 1. The summed E-state index contributed by atoms with van der Waals surface area (Å²) in [5.74, 6) is -0.354. The van der Waals surface area contributed by atoms with Gasteiger partial charge in [-0.05, 0) is 43.5 Å². The highest BCUT2D eigenvalue weighted by atomic mass is 32.2. The predicted molar refractivity (Wildman–Crippen MR) is 111 cm³/mol. The third-order valence-corrected chi connectivity index (χ3v) is 4.96. The summed E-state index contributed by atoms with van der Waals surface area (Å²) in [5.41, 5.74) is 0.0923. The number of ether oxygens (including phenoxy) is 3. The first kappa shape index (κ1) is 23.0. The number of nitrogens with zero attached hydrogens (tertiary/aromatic N) is 1. The molecule has 1 amide bonds. The molecule has 0 aliphatic carbocycles. The molecule has 2 aromatic rings. The van der Waals surface area contributed by atoms with Gasteiger partial charge in [0.25, 0.3) is 11.6 Å². The summed E-state index contributed by atoms with van der Waals surface area (Å²) in [6.07, 6.45) is 1.78. The van der Waals surface area contributed by atoms with Gasteiger partial charge in [-0.2, -0.15) is 0 Å². The number of rotatable bonds is 9. The van der Waals surface area contributed by atoms with Crippen molar-refractivity contribution in [3.63, 3.8) is 0 Å². The standard InChI is InChI=1S/C20H22N2O7S/c1-12(15-9-13(27-2)5-8-18(15)28-3)21-19(23)11-29-20(24)16-10-14(30-4)6-7-17(16)22(25)26/h5-10,12H,11H2,1-4H3,(H,21,23). The number of thioether (sulfide) groups is 1. The molecule has 10 heteroatoms. The third kappa shape index (κ3) is 5.63. The van der Waals surface area contributed by atoms with Gasteiger partial charge in [0, 0.05) is 16.5 Å². The van der Waals surface area contributed by atoms with Crippen LogP contribution in [0, 0.1) is 10.1 Å². The molecule has 0 saturated heterocycles. The summed E-state index contributed by atoms with van der Waals surface area (Å²) in [7, 11) is 3.04. The first-order valence-electron chi connectivity index (χ1n) is 8.81. The van der Waals surface area contributed by atoms with E-state index in [0.717, 1.165) is 0 Å². The number of hydrogen-bond donors (Lipinski definition) is 1. The van der Waals surface area contributed by atoms with Gasteiger partial charge in [0.05, 0.1) is 25.2 Å². The summed E-state index contributed by atoms with van der Waals surface area (Å²) in [4.78, 5) is 35.8. The molecule has 0 saturated carbocycles. The molecular weight excluding hydrogens is 412 g/mol. The van der Waals surface area contributed by atoms with Crippen molar-refractivity contribution in [3.8, 4) is 11.5 Å². The van der Waals surface area contributed by atoms with Gasteiger partial charge in [0.1, 0.15) is 17.1 Å². The highest BCUT2D eigenvalue weighted by Crippen LogP contribution is 2.29. The van der Waals surface area contributed by atoms with Crippen LogP contribution in [0.4, 0.5) is 5.69 Å². The molecule has 0 aromatic heterocycles. The zero-order chi connectivity index (χ0) is 22.3. The molecule has 0 aliphatic rings. The lowest BCUT2D eigenvalue weighted by Gasteiger charge is -2.18. The van der Waals surface area contributed by atoms with E-state index in [0.29, 0.717) is 22.0 Å². The van der Waals surface area contributed by atoms with Crippen LogP contribution < -0.4 is 14.8 Å². The van der Waals surface area contributed by atoms with Gasteiger partial charge in [0.15, 0.2) is 6.61 Å². The smallest absolute Gasteiger partial charge is 0.345 e. The van der Waals surface area contributed by atoms with Gasteiger partial charge in [-0.25, -0.2) is 4.79 Å². The number of esters is 1. The number of methoxy groups -OCH3 is 2. The van der Waals surface area contributed by atoms with Crippen molar-refractivity contribution < 1.29 is 28.7 Å². The molecule has 0 bridgehead atoms. The van der Waals surface area contributed by atoms with Crippen LogP contribution >= 0.6 is 11.8 Å². The third-order valence-electron chi connectivity index (χ3n) is 4.24. The van der Waals surface area contributed by atoms with Gasteiger partial charge in [-0.15, -0.1) is 11.8 Å². The number of amides is 1. The van der Waals surface area contributed by atoms with E-state index >= 15 is 0 Å². The van der Waals surface area contributed by atoms with E-state index in [4.69, 9.17) is 14.2 Å². The zero-order valence-electron chi connectivity index (χ0n) is 17.0. The molecule has 0 radical (unpaired) electrons. The molecule has 30 heavy (non-hydrogen) atoms. The van der Waals surface area contributed by atoms with Crippen molar-refractivity contribution in [2.24, 2.45) is 0 Å². The monoisotopic (exact) mass is 434 g/mol. The summed E-state index contributed by atoms with van der Waals surface area (Å²) < 4.78 is 15.5. The predicted octanol–water partition coefficient (Wildman–Crippen LogP) is 3.37. The van der Waals surface area contributed by atoms with Crippen molar-refractivity contribution in [2.45, 2.75) is 17.9 Å². The fourth-order valence-corrected chi connectivity index (χ4v) is 3.15. The van der Waals surface area contributed by atoms with Crippen molar-refractivity contribution >= 4 is 29.3 Å². The van der Waals surface area contributed by atoms with E-state index in [1.54, 1.807) is 31.4 Å². The van der Waals surface area contributed by atoms with Crippen LogP contribution in [0.2, 0.25) is 0 Å². The van der Waals surface area contributed by atoms with Gasteiger partial charge < -0.3 is 19.5 Å². The molecule has 1 unspecified atom stereocenters. The number of hydrogen-bond acceptors (Lipinski definition) is 8. The Bertz CT molecular complexity index is 949. The lowest BCUT2D eigenvalue weighted by atomic mass is 10.1. The second-order valence-corrected chi connectivity index (χ2v) is 6.99. The second-order valence-electron chi connectivity index (χ2n) is 6.11. The second kappa shape index (κ2) is 10.5. The minimum absolute atomic E-state index is 0.206. The maximum absolute atomic E-state index is 12.3. The Morgan fingerprint density at radius 1 is 1.17 bits per heavy atom. The molecule has 0 fully saturated rings. The van der Waals surface area contributed by atoms with Crippen molar-refractivity contribution in [3.05, 3.63) is 57.6 Å². The summed E-state index contributed by atoms with van der Waals surface area (Å²) in [5, 5.41) is 13.9. The Morgan fingerprint density at radius 3 is 2.50 bits per heavy atom. The van der Waals surface area contributed by atoms with E-state index in [1.165, 1.54) is 44.2 Å². The average Bonchev–Trinajstić information content (AvgIpc) is 2.76. The molecule has 0 heterocycles. The average molecular weight is 434 g/mol. The zero-order valence-corrected chi connectivity index (χ0v) is 17.8. The Labute approximate surface area is 177 Å². The van der Waals surface area contributed by atoms with Crippen LogP contribution in [0.25, 0.3) is 0 Å². The highest BCUT2D eigenvalue weighted by Gasteiger charge is 2.23. The first-order valence-corrected chi connectivity index (χ1v) is 10.0. The largest absolute Gasteiger partial charge is 0.497 e. The lowest BCUT2D eigenvalue weighted by molar-refractivity contribution is -0.385. The fraction of sp³-hybridized carbons (Fsp3) is 0.300. The van der Waals surface area contributed by atoms with Crippen LogP contribution in [0.1, 0.15) is 28.9 Å². The maximum Gasteiger partial charge on any atom is 0.345 e. The van der Waals surface area contributed by atoms with Crippen LogP contribution in [0.3, 0.4) is 0 Å². The van der Waals surface area contributed by atoms with Crippen molar-refractivity contribution in [1.29, 1.82) is 0 Å². The Hall–Kier alpha value is -3.27. The fourth-order valence-electron chi connectivity index (χ4n) is 2.71. The highest BCUT2D eigenvalue weighted by molar-refractivity contribution is 7.98. The Morgan fingerprint density at radius 2 is 1.90 bits per heavy atom. The molecule has 9 nitrogen and oxygen atoms in total. The normalized spacial score (nSPS) is 11.3. The van der Waals surface area contributed by atoms with Gasteiger partial charge in [-0.1, -0.05) is 0 Å². The minimum atomic E-state index is -0.945. The van der Waals surface area contributed by atoms with Gasteiger partial charge in [0.2, 0.25) is 0 Å². The number of nitro benzene ring substituents is 1. The summed E-state index contributed by atoms with van der Waals surface area (Å²) in [6.45, 7) is 1.15. The van der Waals surface area contributed by atoms with Crippen LogP contribution in [-0.4, -0.2) is 43.9 Å². The SMILES string of the molecule is COc1ccc(OC)c(C(C)NC(=O)COC(=O)c2cc(SC)ccc2[N+](=O)[O-])c1. The van der Waals surface area contributed by atoms with E-state index in [9.17, 15) is 19.7 Å². The van der Waals surface area contributed by atoms with E-state index < -0.39 is 29.4 Å². The molecule has 0 aliphatic heterocycles. The lowest BCUT2D eigenvalue weighted by Crippen LogP contribution is -2.31. The van der Waals surface area contributed by atoms with Crippen molar-refractivity contribution in [1.82, 2.24) is 5.32 Å².